The van der Waals surface area contributed by atoms with Crippen LogP contribution in [-0.2, 0) is 23.2 Å². The molecule has 2 saturated heterocycles. The van der Waals surface area contributed by atoms with Crippen molar-refractivity contribution in [1.29, 1.82) is 5.26 Å². The van der Waals surface area contributed by atoms with Crippen molar-refractivity contribution >= 4 is 11.7 Å². The molecule has 3 atom stereocenters. The quantitative estimate of drug-likeness (QED) is 0.491. The SMILES string of the molecule is C=C(F)C(=O)N1CCN(c2nc(OC[C@@H]3CCCN3C)nc3c2CC[C@]2(CCCc4ccccc42)O3)C[C@@H]1CC#N. The molecule has 0 N–H and O–H groups in total. The summed E-state index contributed by atoms with van der Waals surface area (Å²) >= 11 is 0. The van der Waals surface area contributed by atoms with Gasteiger partial charge in [-0.15, -0.1) is 0 Å². The zero-order chi connectivity index (χ0) is 28.6. The highest BCUT2D eigenvalue weighted by Crippen LogP contribution is 2.48. The number of aryl methyl sites for hydroxylation is 1. The van der Waals surface area contributed by atoms with Crippen LogP contribution in [0.25, 0.3) is 0 Å². The normalized spacial score (nSPS) is 25.7. The summed E-state index contributed by atoms with van der Waals surface area (Å²) in [5, 5.41) is 9.47. The van der Waals surface area contributed by atoms with Gasteiger partial charge in [0.05, 0.1) is 24.1 Å². The van der Waals surface area contributed by atoms with Crippen LogP contribution in [0, 0.1) is 11.3 Å². The lowest BCUT2D eigenvalue weighted by atomic mass is 9.75. The van der Waals surface area contributed by atoms with Crippen LogP contribution in [0.3, 0.4) is 0 Å². The first-order valence-electron chi connectivity index (χ1n) is 14.7. The Bertz CT molecular complexity index is 1380. The van der Waals surface area contributed by atoms with Gasteiger partial charge in [-0.1, -0.05) is 30.8 Å². The Hall–Kier alpha value is -3.71. The smallest absolute Gasteiger partial charge is 0.321 e. The highest BCUT2D eigenvalue weighted by molar-refractivity contribution is 5.91. The van der Waals surface area contributed by atoms with Crippen molar-refractivity contribution in [1.82, 2.24) is 19.8 Å². The predicted molar refractivity (Wildman–Crippen MR) is 151 cm³/mol. The molecule has 10 heteroatoms. The van der Waals surface area contributed by atoms with E-state index in [1.165, 1.54) is 16.0 Å². The fourth-order valence-electron chi connectivity index (χ4n) is 6.98. The van der Waals surface area contributed by atoms with Gasteiger partial charge in [0.2, 0.25) is 5.88 Å². The van der Waals surface area contributed by atoms with Crippen LogP contribution in [-0.4, -0.2) is 77.6 Å². The Morgan fingerprint density at radius 1 is 1.20 bits per heavy atom. The molecule has 3 aliphatic heterocycles. The molecule has 1 spiro atoms. The van der Waals surface area contributed by atoms with E-state index in [9.17, 15) is 14.4 Å². The molecule has 6 rings (SSSR count). The number of benzene rings is 1. The first-order chi connectivity index (χ1) is 19.9. The van der Waals surface area contributed by atoms with Crippen LogP contribution >= 0.6 is 0 Å². The molecule has 1 amide bonds. The standard InChI is InChI=1S/C31H37FN6O3/c1-21(32)29(39)38-18-17-37(19-23(38)12-15-33)27-25-11-14-31(13-5-8-22-7-3-4-10-26(22)31)41-28(25)35-30(34-27)40-20-24-9-6-16-36(24)2/h3-4,7,10,23-24H,1,5-6,8-9,11-14,16-20H2,2H3/t23-,24-,31-/m0/s1. The van der Waals surface area contributed by atoms with Crippen molar-refractivity contribution in [2.45, 2.75) is 69.1 Å². The molecule has 0 unspecified atom stereocenters. The van der Waals surface area contributed by atoms with Crippen LogP contribution in [0.1, 0.15) is 55.2 Å². The van der Waals surface area contributed by atoms with Gasteiger partial charge >= 0.3 is 6.01 Å². The van der Waals surface area contributed by atoms with Crippen LogP contribution in [0.4, 0.5) is 10.2 Å². The van der Waals surface area contributed by atoms with Crippen molar-refractivity contribution in [3.8, 4) is 18.0 Å². The second-order valence-corrected chi connectivity index (χ2v) is 11.7. The molecule has 0 saturated carbocycles. The summed E-state index contributed by atoms with van der Waals surface area (Å²) in [5.74, 6) is -0.529. The molecular formula is C31H37FN6O3. The van der Waals surface area contributed by atoms with Crippen molar-refractivity contribution in [3.63, 3.8) is 0 Å². The number of ether oxygens (including phenoxy) is 2. The summed E-state index contributed by atoms with van der Waals surface area (Å²) in [6, 6.07) is 10.8. The van der Waals surface area contributed by atoms with E-state index in [1.54, 1.807) is 0 Å². The number of fused-ring (bicyclic) bond motifs is 3. The van der Waals surface area contributed by atoms with Gasteiger partial charge in [-0.3, -0.25) is 4.79 Å². The molecule has 41 heavy (non-hydrogen) atoms. The Labute approximate surface area is 240 Å². The summed E-state index contributed by atoms with van der Waals surface area (Å²) in [5.41, 5.74) is 3.03. The predicted octanol–water partition coefficient (Wildman–Crippen LogP) is 3.92. The van der Waals surface area contributed by atoms with Crippen LogP contribution in [0.15, 0.2) is 36.7 Å². The first-order valence-corrected chi connectivity index (χ1v) is 14.7. The molecule has 1 aromatic heterocycles. The van der Waals surface area contributed by atoms with Gasteiger partial charge in [-0.2, -0.15) is 15.2 Å². The number of nitrogens with zero attached hydrogens (tertiary/aromatic N) is 6. The Kier molecular flexibility index (Phi) is 7.56. The lowest BCUT2D eigenvalue weighted by Crippen LogP contribution is -2.55. The number of anilines is 1. The van der Waals surface area contributed by atoms with Crippen molar-refractivity contribution in [2.24, 2.45) is 0 Å². The highest BCUT2D eigenvalue weighted by atomic mass is 19.1. The molecule has 4 heterocycles. The number of likely N-dealkylation sites (N-methyl/N-ethyl adjacent to an activating group) is 1. The van der Waals surface area contributed by atoms with Gasteiger partial charge in [-0.05, 0) is 69.7 Å². The third-order valence-electron chi connectivity index (χ3n) is 9.21. The summed E-state index contributed by atoms with van der Waals surface area (Å²) in [7, 11) is 2.11. The van der Waals surface area contributed by atoms with Crippen LogP contribution < -0.4 is 14.4 Å². The van der Waals surface area contributed by atoms with Gasteiger partial charge in [0.25, 0.3) is 5.91 Å². The minimum Gasteiger partial charge on any atom is -0.466 e. The minimum atomic E-state index is -1.01. The average Bonchev–Trinajstić information content (AvgIpc) is 3.40. The lowest BCUT2D eigenvalue weighted by molar-refractivity contribution is -0.131. The van der Waals surface area contributed by atoms with E-state index < -0.39 is 23.4 Å². The van der Waals surface area contributed by atoms with Crippen LogP contribution in [0.2, 0.25) is 0 Å². The van der Waals surface area contributed by atoms with E-state index >= 15 is 0 Å². The Balaban J connectivity index is 1.34. The number of likely N-dealkylation sites (tertiary alicyclic amines) is 1. The van der Waals surface area contributed by atoms with E-state index in [0.29, 0.717) is 37.4 Å². The molecule has 2 fully saturated rings. The van der Waals surface area contributed by atoms with E-state index in [1.807, 2.05) is 0 Å². The summed E-state index contributed by atoms with van der Waals surface area (Å²) in [4.78, 5) is 28.0. The maximum Gasteiger partial charge on any atom is 0.321 e. The third kappa shape index (κ3) is 5.23. The largest absolute Gasteiger partial charge is 0.466 e. The number of nitriles is 1. The average molecular weight is 561 g/mol. The number of amides is 1. The van der Waals surface area contributed by atoms with Gasteiger partial charge in [-0.25, -0.2) is 4.39 Å². The molecule has 9 nitrogen and oxygen atoms in total. The molecule has 0 bridgehead atoms. The first kappa shape index (κ1) is 27.5. The number of rotatable bonds is 6. The van der Waals surface area contributed by atoms with E-state index in [4.69, 9.17) is 19.4 Å². The maximum atomic E-state index is 13.8. The minimum absolute atomic E-state index is 0.0799. The Morgan fingerprint density at radius 2 is 2.05 bits per heavy atom. The fraction of sp³-hybridized carbons (Fsp3) is 0.548. The van der Waals surface area contributed by atoms with Gasteiger partial charge in [0, 0.05) is 25.7 Å². The third-order valence-corrected chi connectivity index (χ3v) is 9.21. The maximum absolute atomic E-state index is 13.8. The lowest BCUT2D eigenvalue weighted by Gasteiger charge is -2.44. The van der Waals surface area contributed by atoms with E-state index in [-0.39, 0.29) is 19.0 Å². The summed E-state index contributed by atoms with van der Waals surface area (Å²) in [6.07, 6.45) is 6.84. The number of carbonyl (C=O) groups is 1. The number of halogens is 1. The number of hydrogen-bond acceptors (Lipinski definition) is 8. The molecule has 1 aromatic carbocycles. The van der Waals surface area contributed by atoms with Crippen molar-refractivity contribution in [3.05, 3.63) is 53.4 Å². The van der Waals surface area contributed by atoms with Crippen molar-refractivity contribution < 1.29 is 18.7 Å². The number of carbonyl (C=O) groups excluding carboxylic acids is 1. The molecule has 0 radical (unpaired) electrons. The number of hydrogen-bond donors (Lipinski definition) is 0. The topological polar surface area (TPSA) is 94.8 Å². The Morgan fingerprint density at radius 3 is 2.83 bits per heavy atom. The highest BCUT2D eigenvalue weighted by Gasteiger charge is 2.44. The second kappa shape index (κ2) is 11.3. The van der Waals surface area contributed by atoms with E-state index in [2.05, 4.69) is 53.8 Å². The molecule has 2 aromatic rings. The zero-order valence-electron chi connectivity index (χ0n) is 23.6. The number of aromatic nitrogens is 2. The van der Waals surface area contributed by atoms with Gasteiger partial charge in [0.1, 0.15) is 18.0 Å². The molecule has 1 aliphatic carbocycles. The van der Waals surface area contributed by atoms with E-state index in [0.717, 1.165) is 57.1 Å². The fourth-order valence-corrected chi connectivity index (χ4v) is 6.98. The number of piperazine rings is 1. The van der Waals surface area contributed by atoms with Crippen molar-refractivity contribution in [2.75, 3.05) is 44.7 Å². The summed E-state index contributed by atoms with van der Waals surface area (Å²) in [6.45, 7) is 5.74. The van der Waals surface area contributed by atoms with Crippen LogP contribution in [0.5, 0.6) is 11.9 Å². The molecular weight excluding hydrogens is 523 g/mol. The van der Waals surface area contributed by atoms with Gasteiger partial charge in [0.15, 0.2) is 5.83 Å². The summed E-state index contributed by atoms with van der Waals surface area (Å²) < 4.78 is 26.9. The van der Waals surface area contributed by atoms with Gasteiger partial charge < -0.3 is 24.2 Å². The monoisotopic (exact) mass is 560 g/mol. The zero-order valence-corrected chi connectivity index (χ0v) is 23.6. The second-order valence-electron chi connectivity index (χ2n) is 11.7. The molecule has 216 valence electrons. The molecule has 4 aliphatic rings.